The van der Waals surface area contributed by atoms with Crippen molar-refractivity contribution in [3.8, 4) is 33.8 Å². The van der Waals surface area contributed by atoms with E-state index < -0.39 is 5.41 Å². The van der Waals surface area contributed by atoms with Gasteiger partial charge in [0.2, 0.25) is 0 Å². The number of rotatable bonds is 1. The Bertz CT molecular complexity index is 1780. The van der Waals surface area contributed by atoms with Gasteiger partial charge in [-0.3, -0.25) is 4.98 Å². The summed E-state index contributed by atoms with van der Waals surface area (Å²) in [4.78, 5) is 4.33. The molecule has 8 rings (SSSR count). The molecule has 0 unspecified atom stereocenters. The SMILES string of the molecule is c1ccc2c(c1)Oc1ccc(-c3cccc4cnccc34)cc1C21c2ccccc2-c2ccccc21. The fourth-order valence-corrected chi connectivity index (χ4v) is 6.40. The second-order valence-electron chi connectivity index (χ2n) is 9.55. The number of benzene rings is 5. The Morgan fingerprint density at radius 3 is 2.00 bits per heavy atom. The molecule has 2 nitrogen and oxygen atoms in total. The molecule has 1 aromatic heterocycles. The number of fused-ring (bicyclic) bond motifs is 10. The molecule has 0 fully saturated rings. The van der Waals surface area contributed by atoms with Gasteiger partial charge in [0, 0.05) is 28.9 Å². The topological polar surface area (TPSA) is 22.1 Å². The van der Waals surface area contributed by atoms with E-state index in [1.54, 1.807) is 0 Å². The molecule has 0 bridgehead atoms. The van der Waals surface area contributed by atoms with Crippen LogP contribution < -0.4 is 4.74 Å². The van der Waals surface area contributed by atoms with Crippen LogP contribution in [0.15, 0.2) is 128 Å². The van der Waals surface area contributed by atoms with Crippen molar-refractivity contribution in [3.05, 3.63) is 150 Å². The van der Waals surface area contributed by atoms with Crippen LogP contribution in [0.2, 0.25) is 0 Å². The van der Waals surface area contributed by atoms with E-state index >= 15 is 0 Å². The third-order valence-electron chi connectivity index (χ3n) is 7.84. The first-order chi connectivity index (χ1) is 17.9. The summed E-state index contributed by atoms with van der Waals surface area (Å²) in [5.74, 6) is 1.83. The quantitative estimate of drug-likeness (QED) is 0.246. The first kappa shape index (κ1) is 19.6. The lowest BCUT2D eigenvalue weighted by molar-refractivity contribution is 0.436. The van der Waals surface area contributed by atoms with Gasteiger partial charge in [-0.1, -0.05) is 91.0 Å². The Hall–Kier alpha value is -4.69. The van der Waals surface area contributed by atoms with Gasteiger partial charge in [0.1, 0.15) is 11.5 Å². The monoisotopic (exact) mass is 459 g/mol. The summed E-state index contributed by atoms with van der Waals surface area (Å²) in [7, 11) is 0. The Balaban J connectivity index is 1.50. The van der Waals surface area contributed by atoms with Gasteiger partial charge in [0.05, 0.1) is 5.41 Å². The van der Waals surface area contributed by atoms with Crippen molar-refractivity contribution in [1.82, 2.24) is 4.98 Å². The molecule has 2 heteroatoms. The average molecular weight is 460 g/mol. The lowest BCUT2D eigenvalue weighted by Crippen LogP contribution is -2.32. The van der Waals surface area contributed by atoms with Crippen molar-refractivity contribution in [2.75, 3.05) is 0 Å². The minimum Gasteiger partial charge on any atom is -0.457 e. The summed E-state index contributed by atoms with van der Waals surface area (Å²) in [6.45, 7) is 0. The number of nitrogens with zero attached hydrogens (tertiary/aromatic N) is 1. The molecular weight excluding hydrogens is 438 g/mol. The molecule has 36 heavy (non-hydrogen) atoms. The Morgan fingerprint density at radius 2 is 1.19 bits per heavy atom. The Morgan fingerprint density at radius 1 is 0.528 bits per heavy atom. The van der Waals surface area contributed by atoms with Crippen molar-refractivity contribution in [2.24, 2.45) is 0 Å². The van der Waals surface area contributed by atoms with Crippen molar-refractivity contribution in [3.63, 3.8) is 0 Å². The lowest BCUT2D eigenvalue weighted by atomic mass is 9.65. The molecular formula is C34H21NO. The molecule has 168 valence electrons. The van der Waals surface area contributed by atoms with E-state index in [4.69, 9.17) is 4.74 Å². The fourth-order valence-electron chi connectivity index (χ4n) is 6.40. The minimum atomic E-state index is -0.445. The number of hydrogen-bond donors (Lipinski definition) is 0. The Kier molecular flexibility index (Phi) is 3.90. The highest BCUT2D eigenvalue weighted by Crippen LogP contribution is 2.62. The number of ether oxygens (including phenoxy) is 1. The highest BCUT2D eigenvalue weighted by molar-refractivity contribution is 5.97. The fraction of sp³-hybridized carbons (Fsp3) is 0.0294. The number of hydrogen-bond acceptors (Lipinski definition) is 2. The number of pyridine rings is 1. The molecule has 5 aromatic carbocycles. The molecule has 1 spiro atoms. The summed E-state index contributed by atoms with van der Waals surface area (Å²) in [5, 5.41) is 2.34. The molecule has 1 aliphatic carbocycles. The summed E-state index contributed by atoms with van der Waals surface area (Å²) in [6.07, 6.45) is 3.80. The van der Waals surface area contributed by atoms with Gasteiger partial charge in [-0.15, -0.1) is 0 Å². The van der Waals surface area contributed by atoms with Gasteiger partial charge in [-0.05, 0) is 63.0 Å². The minimum absolute atomic E-state index is 0.445. The van der Waals surface area contributed by atoms with Crippen molar-refractivity contribution < 1.29 is 4.74 Å². The zero-order valence-electron chi connectivity index (χ0n) is 19.5. The van der Waals surface area contributed by atoms with Gasteiger partial charge in [0.15, 0.2) is 0 Å². The second-order valence-corrected chi connectivity index (χ2v) is 9.55. The van der Waals surface area contributed by atoms with Crippen LogP contribution >= 0.6 is 0 Å². The summed E-state index contributed by atoms with van der Waals surface area (Å²) in [5.41, 5.74) is 9.50. The first-order valence-corrected chi connectivity index (χ1v) is 12.3. The van der Waals surface area contributed by atoms with Crippen LogP contribution in [0.1, 0.15) is 22.3 Å². The molecule has 0 radical (unpaired) electrons. The molecule has 2 aliphatic rings. The van der Waals surface area contributed by atoms with E-state index in [1.807, 2.05) is 12.4 Å². The summed E-state index contributed by atoms with van der Waals surface area (Å²) < 4.78 is 6.56. The highest BCUT2D eigenvalue weighted by Gasteiger charge is 2.50. The summed E-state index contributed by atoms with van der Waals surface area (Å²) in [6, 6.07) is 41.4. The van der Waals surface area contributed by atoms with E-state index in [0.29, 0.717) is 0 Å². The van der Waals surface area contributed by atoms with Crippen LogP contribution in [0.4, 0.5) is 0 Å². The van der Waals surface area contributed by atoms with Crippen LogP contribution in [0.3, 0.4) is 0 Å². The number of para-hydroxylation sites is 1. The normalized spacial score (nSPS) is 14.0. The van der Waals surface area contributed by atoms with Crippen molar-refractivity contribution >= 4 is 10.8 Å². The number of aromatic nitrogens is 1. The molecule has 0 atom stereocenters. The van der Waals surface area contributed by atoms with Crippen LogP contribution in [-0.4, -0.2) is 4.98 Å². The van der Waals surface area contributed by atoms with Gasteiger partial charge in [-0.2, -0.15) is 0 Å². The first-order valence-electron chi connectivity index (χ1n) is 12.3. The van der Waals surface area contributed by atoms with Gasteiger partial charge >= 0.3 is 0 Å². The molecule has 1 aliphatic heterocycles. The zero-order valence-corrected chi connectivity index (χ0v) is 19.5. The van der Waals surface area contributed by atoms with Crippen molar-refractivity contribution in [2.45, 2.75) is 5.41 Å². The van der Waals surface area contributed by atoms with Gasteiger partial charge in [-0.25, -0.2) is 0 Å². The zero-order chi connectivity index (χ0) is 23.7. The summed E-state index contributed by atoms with van der Waals surface area (Å²) >= 11 is 0. The van der Waals surface area contributed by atoms with E-state index in [2.05, 4.69) is 120 Å². The van der Waals surface area contributed by atoms with Gasteiger partial charge < -0.3 is 4.74 Å². The highest BCUT2D eigenvalue weighted by atomic mass is 16.5. The average Bonchev–Trinajstić information content (AvgIpc) is 3.24. The molecule has 6 aromatic rings. The predicted molar refractivity (Wildman–Crippen MR) is 145 cm³/mol. The van der Waals surface area contributed by atoms with Crippen LogP contribution in [0.25, 0.3) is 33.0 Å². The van der Waals surface area contributed by atoms with E-state index in [-0.39, 0.29) is 0 Å². The van der Waals surface area contributed by atoms with Crippen molar-refractivity contribution in [1.29, 1.82) is 0 Å². The maximum atomic E-state index is 6.56. The molecule has 0 amide bonds. The molecule has 2 heterocycles. The maximum Gasteiger partial charge on any atom is 0.132 e. The van der Waals surface area contributed by atoms with Crippen LogP contribution in [-0.2, 0) is 5.41 Å². The van der Waals surface area contributed by atoms with E-state index in [0.717, 1.165) is 16.9 Å². The van der Waals surface area contributed by atoms with Crippen LogP contribution in [0, 0.1) is 0 Å². The van der Waals surface area contributed by atoms with Crippen LogP contribution in [0.5, 0.6) is 11.5 Å². The molecule has 0 saturated carbocycles. The third kappa shape index (κ3) is 2.43. The van der Waals surface area contributed by atoms with Gasteiger partial charge in [0.25, 0.3) is 0 Å². The predicted octanol–water partition coefficient (Wildman–Crippen LogP) is 8.37. The lowest BCUT2D eigenvalue weighted by Gasteiger charge is -2.39. The third-order valence-corrected chi connectivity index (χ3v) is 7.84. The Labute approximate surface area is 209 Å². The second kappa shape index (κ2) is 7.16. The smallest absolute Gasteiger partial charge is 0.132 e. The maximum absolute atomic E-state index is 6.56. The standard InChI is InChI=1S/C34H21NO/c1-3-12-28-26(9-1)27-10-2-4-13-29(27)34(28)30-14-5-6-15-32(30)36-33-17-16-22(20-31(33)34)24-11-7-8-23-21-35-19-18-25(23)24/h1-21H. The molecule has 0 saturated heterocycles. The van der Waals surface area contributed by atoms with E-state index in [1.165, 1.54) is 49.9 Å². The molecule has 0 N–H and O–H groups in total. The van der Waals surface area contributed by atoms with E-state index in [9.17, 15) is 0 Å². The largest absolute Gasteiger partial charge is 0.457 e.